The van der Waals surface area contributed by atoms with E-state index in [0.29, 0.717) is 12.6 Å². The standard InChI is InChI=1S/C18H21BrN2O/c1-14(2)21(12-15-7-4-3-5-8-15)13-18(22)20-17-10-6-9-16(19)11-17/h3-11,14H,12-13H2,1-2H3,(H,20,22). The number of benzene rings is 2. The third-order valence-electron chi connectivity index (χ3n) is 3.41. The molecule has 0 unspecified atom stereocenters. The quantitative estimate of drug-likeness (QED) is 0.832. The Kier molecular flexibility index (Phi) is 6.16. The molecule has 0 saturated heterocycles. The molecule has 2 rings (SSSR count). The van der Waals surface area contributed by atoms with E-state index in [1.165, 1.54) is 5.56 Å². The molecule has 0 heterocycles. The van der Waals surface area contributed by atoms with Crippen LogP contribution in [0.5, 0.6) is 0 Å². The van der Waals surface area contributed by atoms with E-state index in [1.54, 1.807) is 0 Å². The second-order valence-corrected chi connectivity index (χ2v) is 6.46. The van der Waals surface area contributed by atoms with E-state index in [2.05, 4.69) is 52.1 Å². The van der Waals surface area contributed by atoms with E-state index in [4.69, 9.17) is 0 Å². The number of nitrogens with zero attached hydrogens (tertiary/aromatic N) is 1. The zero-order valence-corrected chi connectivity index (χ0v) is 14.5. The lowest BCUT2D eigenvalue weighted by Gasteiger charge is -2.26. The molecule has 0 saturated carbocycles. The van der Waals surface area contributed by atoms with Crippen molar-refractivity contribution in [2.45, 2.75) is 26.4 Å². The Morgan fingerprint density at radius 1 is 1.14 bits per heavy atom. The zero-order valence-electron chi connectivity index (χ0n) is 12.9. The highest BCUT2D eigenvalue weighted by Gasteiger charge is 2.14. The minimum absolute atomic E-state index is 0.00253. The van der Waals surface area contributed by atoms with Gasteiger partial charge in [0.05, 0.1) is 6.54 Å². The summed E-state index contributed by atoms with van der Waals surface area (Å²) in [6.07, 6.45) is 0. The van der Waals surface area contributed by atoms with Crippen LogP contribution in [0.15, 0.2) is 59.1 Å². The second-order valence-electron chi connectivity index (χ2n) is 5.54. The van der Waals surface area contributed by atoms with Crippen LogP contribution in [0.25, 0.3) is 0 Å². The van der Waals surface area contributed by atoms with Crippen LogP contribution < -0.4 is 5.32 Å². The maximum absolute atomic E-state index is 12.3. The fourth-order valence-corrected chi connectivity index (χ4v) is 2.59. The van der Waals surface area contributed by atoms with Crippen molar-refractivity contribution >= 4 is 27.5 Å². The fourth-order valence-electron chi connectivity index (χ4n) is 2.19. The third-order valence-corrected chi connectivity index (χ3v) is 3.91. The molecular formula is C18H21BrN2O. The molecule has 2 aromatic rings. The maximum atomic E-state index is 12.3. The summed E-state index contributed by atoms with van der Waals surface area (Å²) in [4.78, 5) is 14.4. The van der Waals surface area contributed by atoms with E-state index >= 15 is 0 Å². The molecule has 0 aliphatic heterocycles. The summed E-state index contributed by atoms with van der Waals surface area (Å²) < 4.78 is 0.954. The number of halogens is 1. The number of amides is 1. The summed E-state index contributed by atoms with van der Waals surface area (Å²) >= 11 is 3.41. The van der Waals surface area contributed by atoms with E-state index < -0.39 is 0 Å². The van der Waals surface area contributed by atoms with Crippen LogP contribution in [-0.2, 0) is 11.3 Å². The Hall–Kier alpha value is -1.65. The van der Waals surface area contributed by atoms with E-state index in [-0.39, 0.29) is 5.91 Å². The van der Waals surface area contributed by atoms with Crippen molar-refractivity contribution in [1.82, 2.24) is 4.90 Å². The molecule has 0 spiro atoms. The minimum Gasteiger partial charge on any atom is -0.325 e. The molecule has 0 aromatic heterocycles. The minimum atomic E-state index is 0.00253. The van der Waals surface area contributed by atoms with Crippen molar-refractivity contribution in [2.75, 3.05) is 11.9 Å². The lowest BCUT2D eigenvalue weighted by Crippen LogP contribution is -2.37. The highest BCUT2D eigenvalue weighted by molar-refractivity contribution is 9.10. The SMILES string of the molecule is CC(C)N(CC(=O)Nc1cccc(Br)c1)Cc1ccccc1. The van der Waals surface area contributed by atoms with Gasteiger partial charge in [0.1, 0.15) is 0 Å². The van der Waals surface area contributed by atoms with Gasteiger partial charge >= 0.3 is 0 Å². The van der Waals surface area contributed by atoms with Gasteiger partial charge in [-0.3, -0.25) is 9.69 Å². The Balaban J connectivity index is 1.97. The monoisotopic (exact) mass is 360 g/mol. The average Bonchev–Trinajstić information content (AvgIpc) is 2.47. The number of carbonyl (C=O) groups is 1. The molecule has 0 fully saturated rings. The molecule has 0 aliphatic carbocycles. The number of anilines is 1. The number of hydrogen-bond acceptors (Lipinski definition) is 2. The number of hydrogen-bond donors (Lipinski definition) is 1. The first-order valence-corrected chi connectivity index (χ1v) is 8.17. The van der Waals surface area contributed by atoms with E-state index in [9.17, 15) is 4.79 Å². The molecule has 1 amide bonds. The number of carbonyl (C=O) groups excluding carboxylic acids is 1. The molecule has 1 N–H and O–H groups in total. The Morgan fingerprint density at radius 2 is 1.86 bits per heavy atom. The average molecular weight is 361 g/mol. The Labute approximate surface area is 140 Å². The first-order valence-electron chi connectivity index (χ1n) is 7.38. The van der Waals surface area contributed by atoms with Crippen LogP contribution >= 0.6 is 15.9 Å². The molecule has 0 atom stereocenters. The van der Waals surface area contributed by atoms with Gasteiger partial charge in [-0.1, -0.05) is 52.3 Å². The maximum Gasteiger partial charge on any atom is 0.238 e. The van der Waals surface area contributed by atoms with Crippen LogP contribution in [0.4, 0.5) is 5.69 Å². The van der Waals surface area contributed by atoms with Gasteiger partial charge in [0.25, 0.3) is 0 Å². The van der Waals surface area contributed by atoms with Crippen LogP contribution in [-0.4, -0.2) is 23.4 Å². The van der Waals surface area contributed by atoms with Crippen molar-refractivity contribution in [1.29, 1.82) is 0 Å². The third kappa shape index (κ3) is 5.28. The summed E-state index contributed by atoms with van der Waals surface area (Å²) in [7, 11) is 0. The Bertz CT molecular complexity index is 613. The summed E-state index contributed by atoms with van der Waals surface area (Å²) in [6, 6.07) is 18.1. The lowest BCUT2D eigenvalue weighted by atomic mass is 10.2. The molecule has 0 radical (unpaired) electrons. The fraction of sp³-hybridized carbons (Fsp3) is 0.278. The highest BCUT2D eigenvalue weighted by Crippen LogP contribution is 2.16. The van der Waals surface area contributed by atoms with Crippen molar-refractivity contribution in [2.24, 2.45) is 0 Å². The van der Waals surface area contributed by atoms with Crippen LogP contribution in [0.3, 0.4) is 0 Å². The van der Waals surface area contributed by atoms with Gasteiger partial charge in [0.15, 0.2) is 0 Å². The molecule has 22 heavy (non-hydrogen) atoms. The molecule has 2 aromatic carbocycles. The molecule has 3 nitrogen and oxygen atoms in total. The molecular weight excluding hydrogens is 340 g/mol. The van der Waals surface area contributed by atoms with Crippen molar-refractivity contribution < 1.29 is 4.79 Å². The first kappa shape index (κ1) is 16.7. The van der Waals surface area contributed by atoms with Gasteiger partial charge in [-0.2, -0.15) is 0 Å². The van der Waals surface area contributed by atoms with Crippen LogP contribution in [0.1, 0.15) is 19.4 Å². The van der Waals surface area contributed by atoms with Crippen molar-refractivity contribution in [3.8, 4) is 0 Å². The second kappa shape index (κ2) is 8.11. The lowest BCUT2D eigenvalue weighted by molar-refractivity contribution is -0.117. The van der Waals surface area contributed by atoms with Gasteiger partial charge in [-0.15, -0.1) is 0 Å². The van der Waals surface area contributed by atoms with Gasteiger partial charge in [-0.05, 0) is 37.6 Å². The summed E-state index contributed by atoms with van der Waals surface area (Å²) in [6.45, 7) is 5.36. The molecule has 0 aliphatic rings. The largest absolute Gasteiger partial charge is 0.325 e. The normalized spacial score (nSPS) is 11.0. The molecule has 116 valence electrons. The topological polar surface area (TPSA) is 32.3 Å². The Morgan fingerprint density at radius 3 is 2.50 bits per heavy atom. The zero-order chi connectivity index (χ0) is 15.9. The smallest absolute Gasteiger partial charge is 0.238 e. The predicted molar refractivity (Wildman–Crippen MR) is 94.8 cm³/mol. The first-order chi connectivity index (χ1) is 10.5. The van der Waals surface area contributed by atoms with Gasteiger partial charge in [-0.25, -0.2) is 0 Å². The highest BCUT2D eigenvalue weighted by atomic mass is 79.9. The van der Waals surface area contributed by atoms with Crippen LogP contribution in [0.2, 0.25) is 0 Å². The summed E-state index contributed by atoms with van der Waals surface area (Å²) in [5.74, 6) is 0.00253. The van der Waals surface area contributed by atoms with Crippen LogP contribution in [0, 0.1) is 0 Å². The summed E-state index contributed by atoms with van der Waals surface area (Å²) in [5.41, 5.74) is 2.02. The van der Waals surface area contributed by atoms with Gasteiger partial charge in [0.2, 0.25) is 5.91 Å². The van der Waals surface area contributed by atoms with Crippen molar-refractivity contribution in [3.05, 3.63) is 64.6 Å². The van der Waals surface area contributed by atoms with Gasteiger partial charge in [0, 0.05) is 22.7 Å². The predicted octanol–water partition coefficient (Wildman–Crippen LogP) is 4.30. The number of nitrogens with one attached hydrogen (secondary N) is 1. The molecule has 4 heteroatoms. The summed E-state index contributed by atoms with van der Waals surface area (Å²) in [5, 5.41) is 2.94. The van der Waals surface area contributed by atoms with Gasteiger partial charge < -0.3 is 5.32 Å². The van der Waals surface area contributed by atoms with E-state index in [0.717, 1.165) is 16.7 Å². The molecule has 0 bridgehead atoms. The van der Waals surface area contributed by atoms with Crippen molar-refractivity contribution in [3.63, 3.8) is 0 Å². The van der Waals surface area contributed by atoms with E-state index in [1.807, 2.05) is 42.5 Å². The number of rotatable bonds is 6.